The first-order valence-electron chi connectivity index (χ1n) is 15.0. The van der Waals surface area contributed by atoms with Crippen LogP contribution in [0.3, 0.4) is 0 Å². The number of amides is 2. The maximum atomic E-state index is 15.1. The molecule has 0 aliphatic carbocycles. The van der Waals surface area contributed by atoms with Gasteiger partial charge in [-0.15, -0.1) is 0 Å². The van der Waals surface area contributed by atoms with Gasteiger partial charge in [-0.3, -0.25) is 14.5 Å². The lowest BCUT2D eigenvalue weighted by Gasteiger charge is -2.44. The molecule has 2 heterocycles. The zero-order valence-electron chi connectivity index (χ0n) is 26.6. The number of nitrogens with zero attached hydrogens (tertiary/aromatic N) is 3. The molecule has 1 aromatic carbocycles. The number of piperidine rings is 1. The quantitative estimate of drug-likeness (QED) is 0.343. The van der Waals surface area contributed by atoms with E-state index < -0.39 is 0 Å². The summed E-state index contributed by atoms with van der Waals surface area (Å²) >= 11 is 6.05. The van der Waals surface area contributed by atoms with Gasteiger partial charge < -0.3 is 9.80 Å². The maximum absolute atomic E-state index is 15.1. The van der Waals surface area contributed by atoms with Gasteiger partial charge >= 0.3 is 0 Å². The fourth-order valence-electron chi connectivity index (χ4n) is 6.94. The van der Waals surface area contributed by atoms with Gasteiger partial charge in [0.25, 0.3) is 0 Å². The molecule has 0 saturated carbocycles. The zero-order chi connectivity index (χ0) is 30.2. The molecule has 7 heteroatoms. The fraction of sp³-hybridized carbons (Fsp3) is 0.758. The van der Waals surface area contributed by atoms with E-state index in [1.807, 2.05) is 16.8 Å². The number of halogens is 2. The van der Waals surface area contributed by atoms with E-state index in [2.05, 4.69) is 60.3 Å². The van der Waals surface area contributed by atoms with Crippen molar-refractivity contribution >= 4 is 23.4 Å². The molecule has 2 amide bonds. The number of hydrogen-bond donors (Lipinski definition) is 0. The van der Waals surface area contributed by atoms with E-state index in [9.17, 15) is 9.59 Å². The summed E-state index contributed by atoms with van der Waals surface area (Å²) in [5.41, 5.74) is 0.429. The molecule has 226 valence electrons. The van der Waals surface area contributed by atoms with Crippen LogP contribution in [0.25, 0.3) is 0 Å². The molecule has 0 bridgehead atoms. The van der Waals surface area contributed by atoms with Gasteiger partial charge in [-0.25, -0.2) is 4.39 Å². The van der Waals surface area contributed by atoms with Crippen molar-refractivity contribution in [2.24, 2.45) is 23.2 Å². The highest BCUT2D eigenvalue weighted by atomic mass is 35.5. The molecule has 0 aromatic heterocycles. The third-order valence-electron chi connectivity index (χ3n) is 9.48. The topological polar surface area (TPSA) is 43.9 Å². The molecule has 3 rings (SSSR count). The lowest BCUT2D eigenvalue weighted by Crippen LogP contribution is -2.48. The second-order valence-electron chi connectivity index (χ2n) is 15.2. The molecule has 2 fully saturated rings. The molecule has 2 saturated heterocycles. The van der Waals surface area contributed by atoms with Gasteiger partial charge in [0.1, 0.15) is 5.82 Å². The third-order valence-corrected chi connectivity index (χ3v) is 9.72. The molecule has 2 aliphatic rings. The molecule has 40 heavy (non-hydrogen) atoms. The molecule has 1 unspecified atom stereocenters. The Morgan fingerprint density at radius 1 is 1.02 bits per heavy atom. The van der Waals surface area contributed by atoms with E-state index in [1.165, 1.54) is 6.07 Å². The van der Waals surface area contributed by atoms with Crippen LogP contribution in [-0.4, -0.2) is 70.8 Å². The smallest absolute Gasteiger partial charge is 0.227 e. The van der Waals surface area contributed by atoms with Crippen LogP contribution in [0.4, 0.5) is 4.39 Å². The Hall–Kier alpha value is -1.66. The van der Waals surface area contributed by atoms with Crippen LogP contribution in [0.1, 0.15) is 99.5 Å². The number of carbonyl (C=O) groups excluding carboxylic acids is 2. The van der Waals surface area contributed by atoms with Gasteiger partial charge in [0.15, 0.2) is 0 Å². The summed E-state index contributed by atoms with van der Waals surface area (Å²) in [6, 6.07) is 4.86. The van der Waals surface area contributed by atoms with E-state index in [-0.39, 0.29) is 46.0 Å². The summed E-state index contributed by atoms with van der Waals surface area (Å²) < 4.78 is 15.1. The van der Waals surface area contributed by atoms with Crippen LogP contribution >= 0.6 is 11.6 Å². The standard InChI is InChI=1S/C33H53ClFN3O2/c1-22(39)36(10)33(8,9)19-24(18-31(2,3)4)23-13-15-37(16-14-23)30(40)28-21-38(32(5,6)7)20-27(28)26-12-11-25(34)17-29(26)35/h11-12,17,23-24,27-28H,13-16,18-21H2,1-10H3/t24?,27-,28+/m0/s1. The maximum Gasteiger partial charge on any atom is 0.227 e. The Kier molecular flexibility index (Phi) is 10.1. The monoisotopic (exact) mass is 577 g/mol. The minimum absolute atomic E-state index is 0.0902. The summed E-state index contributed by atoms with van der Waals surface area (Å²) in [5, 5.41) is 0.374. The van der Waals surface area contributed by atoms with Gasteiger partial charge in [0, 0.05) is 62.2 Å². The Morgan fingerprint density at radius 3 is 2.12 bits per heavy atom. The minimum atomic E-state index is -0.326. The lowest BCUT2D eigenvalue weighted by atomic mass is 9.70. The van der Waals surface area contributed by atoms with Crippen molar-refractivity contribution < 1.29 is 14.0 Å². The highest BCUT2D eigenvalue weighted by molar-refractivity contribution is 6.30. The average Bonchev–Trinajstić information content (AvgIpc) is 3.27. The van der Waals surface area contributed by atoms with Crippen molar-refractivity contribution in [2.45, 2.75) is 105 Å². The first kappa shape index (κ1) is 32.8. The first-order valence-corrected chi connectivity index (χ1v) is 15.4. The van der Waals surface area contributed by atoms with E-state index in [1.54, 1.807) is 19.1 Å². The Balaban J connectivity index is 1.77. The van der Waals surface area contributed by atoms with Crippen LogP contribution in [0.2, 0.25) is 5.02 Å². The summed E-state index contributed by atoms with van der Waals surface area (Å²) in [6.45, 7) is 22.0. The number of rotatable bonds is 7. The molecule has 3 atom stereocenters. The second-order valence-corrected chi connectivity index (χ2v) is 15.7. The van der Waals surface area contributed by atoms with E-state index >= 15 is 4.39 Å². The SMILES string of the molecule is CC(=O)N(C)C(C)(C)CC(CC(C)(C)C)C1CCN(C(=O)[C@@H]2CN(C(C)(C)C)C[C@H]2c2ccc(Cl)cc2F)CC1. The van der Waals surface area contributed by atoms with Gasteiger partial charge in [-0.05, 0) is 95.2 Å². The largest absolute Gasteiger partial charge is 0.342 e. The number of likely N-dealkylation sites (tertiary alicyclic amines) is 2. The number of hydrogen-bond acceptors (Lipinski definition) is 3. The van der Waals surface area contributed by atoms with Gasteiger partial charge in [0.2, 0.25) is 11.8 Å². The summed E-state index contributed by atoms with van der Waals surface area (Å²) in [6.07, 6.45) is 3.95. The van der Waals surface area contributed by atoms with Crippen molar-refractivity contribution in [3.05, 3.63) is 34.6 Å². The second kappa shape index (κ2) is 12.3. The summed E-state index contributed by atoms with van der Waals surface area (Å²) in [4.78, 5) is 32.4. The average molecular weight is 578 g/mol. The Bertz CT molecular complexity index is 1050. The molecule has 1 aromatic rings. The summed E-state index contributed by atoms with van der Waals surface area (Å²) in [5.74, 6) is 0.405. The highest BCUT2D eigenvalue weighted by Gasteiger charge is 2.45. The minimum Gasteiger partial charge on any atom is -0.342 e. The van der Waals surface area contributed by atoms with Crippen molar-refractivity contribution in [1.29, 1.82) is 0 Å². The summed E-state index contributed by atoms with van der Waals surface area (Å²) in [7, 11) is 1.90. The van der Waals surface area contributed by atoms with Gasteiger partial charge in [0.05, 0.1) is 5.92 Å². The predicted octanol–water partition coefficient (Wildman–Crippen LogP) is 7.23. The Morgan fingerprint density at radius 2 is 1.62 bits per heavy atom. The van der Waals surface area contributed by atoms with Crippen LogP contribution in [0, 0.1) is 29.0 Å². The number of carbonyl (C=O) groups is 2. The van der Waals surface area contributed by atoms with Crippen LogP contribution in [0.15, 0.2) is 18.2 Å². The molecule has 5 nitrogen and oxygen atoms in total. The van der Waals surface area contributed by atoms with Crippen LogP contribution < -0.4 is 0 Å². The predicted molar refractivity (Wildman–Crippen MR) is 163 cm³/mol. The fourth-order valence-corrected chi connectivity index (χ4v) is 7.10. The Labute approximate surface area is 247 Å². The lowest BCUT2D eigenvalue weighted by molar-refractivity contribution is -0.138. The normalized spacial score (nSPS) is 22.4. The molecular formula is C33H53ClFN3O2. The van der Waals surface area contributed by atoms with Crippen molar-refractivity contribution in [3.8, 4) is 0 Å². The van der Waals surface area contributed by atoms with Crippen molar-refractivity contribution in [3.63, 3.8) is 0 Å². The molecule has 0 spiro atoms. The van der Waals surface area contributed by atoms with Crippen molar-refractivity contribution in [2.75, 3.05) is 33.2 Å². The molecule has 0 radical (unpaired) electrons. The van der Waals surface area contributed by atoms with Gasteiger partial charge in [-0.1, -0.05) is 38.4 Å². The van der Waals surface area contributed by atoms with Gasteiger partial charge in [-0.2, -0.15) is 0 Å². The van der Waals surface area contributed by atoms with E-state index in [0.29, 0.717) is 35.5 Å². The molecule has 0 N–H and O–H groups in total. The van der Waals surface area contributed by atoms with E-state index in [4.69, 9.17) is 11.6 Å². The first-order chi connectivity index (χ1) is 18.3. The zero-order valence-corrected chi connectivity index (χ0v) is 27.4. The van der Waals surface area contributed by atoms with Crippen LogP contribution in [0.5, 0.6) is 0 Å². The molecular weight excluding hydrogens is 525 g/mol. The van der Waals surface area contributed by atoms with Crippen molar-refractivity contribution in [1.82, 2.24) is 14.7 Å². The molecule has 2 aliphatic heterocycles. The van der Waals surface area contributed by atoms with Crippen LogP contribution in [-0.2, 0) is 9.59 Å². The van der Waals surface area contributed by atoms with E-state index in [0.717, 1.165) is 38.8 Å². The third kappa shape index (κ3) is 8.00. The highest BCUT2D eigenvalue weighted by Crippen LogP contribution is 2.42. The number of benzene rings is 1.